The third kappa shape index (κ3) is 5.61. The molecule has 0 spiro atoms. The van der Waals surface area contributed by atoms with Crippen LogP contribution in [0.15, 0.2) is 24.3 Å². The van der Waals surface area contributed by atoms with Gasteiger partial charge in [-0.05, 0) is 32.8 Å². The Morgan fingerprint density at radius 2 is 2.00 bits per heavy atom. The molecular formula is C17H26N2O5S. The average molecular weight is 370 g/mol. The van der Waals surface area contributed by atoms with Gasteiger partial charge in [-0.2, -0.15) is 0 Å². The van der Waals surface area contributed by atoms with E-state index in [0.717, 1.165) is 0 Å². The number of nitro benzene ring substituents is 1. The van der Waals surface area contributed by atoms with Crippen molar-refractivity contribution >= 4 is 22.6 Å². The van der Waals surface area contributed by atoms with Gasteiger partial charge in [0, 0.05) is 12.1 Å². The Morgan fingerprint density at radius 3 is 2.48 bits per heavy atom. The van der Waals surface area contributed by atoms with Gasteiger partial charge in [0.1, 0.15) is 0 Å². The molecular weight excluding hydrogens is 344 g/mol. The predicted molar refractivity (Wildman–Crippen MR) is 97.3 cm³/mol. The highest BCUT2D eigenvalue weighted by Gasteiger charge is 2.39. The van der Waals surface area contributed by atoms with Crippen molar-refractivity contribution in [2.24, 2.45) is 0 Å². The van der Waals surface area contributed by atoms with Crippen LogP contribution < -0.4 is 4.72 Å². The molecule has 1 N–H and O–H groups in total. The number of esters is 1. The van der Waals surface area contributed by atoms with Gasteiger partial charge in [-0.1, -0.05) is 25.5 Å². The molecule has 0 heterocycles. The first kappa shape index (κ1) is 21.2. The minimum atomic E-state index is -1.47. The lowest BCUT2D eigenvalue weighted by atomic mass is 9.83. The molecule has 0 aliphatic carbocycles. The first-order chi connectivity index (χ1) is 11.6. The Labute approximate surface area is 150 Å². The van der Waals surface area contributed by atoms with E-state index in [9.17, 15) is 19.1 Å². The van der Waals surface area contributed by atoms with Gasteiger partial charge in [-0.25, -0.2) is 8.93 Å². The zero-order valence-corrected chi connectivity index (χ0v) is 16.1. The molecule has 0 saturated heterocycles. The molecule has 1 aromatic carbocycles. The fraction of sp³-hybridized carbons (Fsp3) is 0.588. The normalized spacial score (nSPS) is 15.2. The molecule has 0 amide bonds. The van der Waals surface area contributed by atoms with Crippen molar-refractivity contribution in [2.45, 2.75) is 57.2 Å². The second kappa shape index (κ2) is 8.53. The molecule has 0 aromatic heterocycles. The van der Waals surface area contributed by atoms with Crippen LogP contribution in [0.1, 0.15) is 52.5 Å². The van der Waals surface area contributed by atoms with Crippen molar-refractivity contribution in [3.8, 4) is 0 Å². The highest BCUT2D eigenvalue weighted by Crippen LogP contribution is 2.34. The number of carbonyl (C=O) groups excluding carboxylic acids is 1. The van der Waals surface area contributed by atoms with Crippen molar-refractivity contribution in [1.29, 1.82) is 0 Å². The molecule has 25 heavy (non-hydrogen) atoms. The number of carbonyl (C=O) groups is 1. The topological polar surface area (TPSA) is 98.5 Å². The maximum atomic E-state index is 12.7. The third-order valence-corrected chi connectivity index (χ3v) is 5.49. The van der Waals surface area contributed by atoms with E-state index in [4.69, 9.17) is 4.74 Å². The van der Waals surface area contributed by atoms with Crippen LogP contribution in [0.2, 0.25) is 0 Å². The summed E-state index contributed by atoms with van der Waals surface area (Å²) in [5, 5.41) is 11.1. The quantitative estimate of drug-likeness (QED) is 0.430. The van der Waals surface area contributed by atoms with Crippen LogP contribution >= 0.6 is 0 Å². The molecule has 0 bridgehead atoms. The van der Waals surface area contributed by atoms with E-state index in [-0.39, 0.29) is 12.1 Å². The van der Waals surface area contributed by atoms with E-state index in [2.05, 4.69) is 4.72 Å². The standard InChI is InChI=1S/C17H26N2O5S/c1-6-10-17(12-15(20)24-5,18-25(23)16(2,3)4)13-8-7-9-14(11-13)19(21)22/h7-9,11,18H,6,10,12H2,1-5H3. The lowest BCUT2D eigenvalue weighted by Crippen LogP contribution is -2.49. The molecule has 0 fully saturated rings. The lowest BCUT2D eigenvalue weighted by molar-refractivity contribution is -0.385. The van der Waals surface area contributed by atoms with Gasteiger partial charge < -0.3 is 4.74 Å². The van der Waals surface area contributed by atoms with Crippen LogP contribution in [0.3, 0.4) is 0 Å². The van der Waals surface area contributed by atoms with Crippen molar-refractivity contribution < 1.29 is 18.7 Å². The highest BCUT2D eigenvalue weighted by molar-refractivity contribution is 7.84. The minimum absolute atomic E-state index is 0.0691. The lowest BCUT2D eigenvalue weighted by Gasteiger charge is -2.36. The number of hydrogen-bond acceptors (Lipinski definition) is 5. The second-order valence-electron chi connectivity index (χ2n) is 6.88. The number of hydrogen-bond donors (Lipinski definition) is 1. The van der Waals surface area contributed by atoms with Crippen LogP contribution in [0, 0.1) is 10.1 Å². The summed E-state index contributed by atoms with van der Waals surface area (Å²) >= 11 is 0. The molecule has 7 nitrogen and oxygen atoms in total. The maximum absolute atomic E-state index is 12.7. The summed E-state index contributed by atoms with van der Waals surface area (Å²) in [6.45, 7) is 7.39. The second-order valence-corrected chi connectivity index (χ2v) is 8.84. The largest absolute Gasteiger partial charge is 0.469 e. The monoisotopic (exact) mass is 370 g/mol. The van der Waals surface area contributed by atoms with Gasteiger partial charge in [0.05, 0.1) is 39.7 Å². The number of ether oxygens (including phenoxy) is 1. The van der Waals surface area contributed by atoms with Gasteiger partial charge in [0.25, 0.3) is 5.69 Å². The van der Waals surface area contributed by atoms with E-state index >= 15 is 0 Å². The van der Waals surface area contributed by atoms with Crippen molar-refractivity contribution in [1.82, 2.24) is 4.72 Å². The summed E-state index contributed by atoms with van der Waals surface area (Å²) in [7, 11) is -0.187. The summed E-state index contributed by atoms with van der Waals surface area (Å²) in [4.78, 5) is 22.7. The number of methoxy groups -OCH3 is 1. The Bertz CT molecular complexity index is 657. The van der Waals surface area contributed by atoms with E-state index in [1.54, 1.807) is 12.1 Å². The van der Waals surface area contributed by atoms with Gasteiger partial charge in [-0.3, -0.25) is 14.9 Å². The number of nitro groups is 1. The SMILES string of the molecule is CCCC(CC(=O)OC)(NS(=O)C(C)(C)C)c1cccc([N+](=O)[O-])c1. The molecule has 1 aromatic rings. The minimum Gasteiger partial charge on any atom is -0.469 e. The summed E-state index contributed by atoms with van der Waals surface area (Å²) < 4.78 is 20.0. The van der Waals surface area contributed by atoms with E-state index in [0.29, 0.717) is 18.4 Å². The maximum Gasteiger partial charge on any atom is 0.307 e. The number of benzene rings is 1. The van der Waals surface area contributed by atoms with Crippen LogP contribution in [0.4, 0.5) is 5.69 Å². The van der Waals surface area contributed by atoms with Gasteiger partial charge in [-0.15, -0.1) is 0 Å². The van der Waals surface area contributed by atoms with Crippen LogP contribution in [-0.4, -0.2) is 27.0 Å². The molecule has 0 radical (unpaired) electrons. The predicted octanol–water partition coefficient (Wildman–Crippen LogP) is 3.21. The van der Waals surface area contributed by atoms with Gasteiger partial charge in [0.15, 0.2) is 0 Å². The Morgan fingerprint density at radius 1 is 1.36 bits per heavy atom. The first-order valence-electron chi connectivity index (χ1n) is 8.07. The Balaban J connectivity index is 3.46. The van der Waals surface area contributed by atoms with Crippen LogP contribution in [0.25, 0.3) is 0 Å². The highest BCUT2D eigenvalue weighted by atomic mass is 32.2. The molecule has 2 atom stereocenters. The fourth-order valence-corrected chi connectivity index (χ4v) is 3.43. The molecule has 1 rings (SSSR count). The van der Waals surface area contributed by atoms with Gasteiger partial charge in [0.2, 0.25) is 0 Å². The number of non-ortho nitro benzene ring substituents is 1. The molecule has 140 valence electrons. The first-order valence-corrected chi connectivity index (χ1v) is 9.22. The Kier molecular flexibility index (Phi) is 7.25. The molecule has 2 unspecified atom stereocenters. The third-order valence-electron chi connectivity index (χ3n) is 3.80. The van der Waals surface area contributed by atoms with E-state index in [1.807, 2.05) is 27.7 Å². The van der Waals surface area contributed by atoms with E-state index in [1.165, 1.54) is 19.2 Å². The smallest absolute Gasteiger partial charge is 0.307 e. The van der Waals surface area contributed by atoms with Crippen LogP contribution in [-0.2, 0) is 26.1 Å². The summed E-state index contributed by atoms with van der Waals surface area (Å²) in [6.07, 6.45) is 1.10. The molecule has 0 saturated carbocycles. The van der Waals surface area contributed by atoms with Crippen molar-refractivity contribution in [3.63, 3.8) is 0 Å². The Hall–Kier alpha value is -1.80. The zero-order chi connectivity index (χ0) is 19.3. The zero-order valence-electron chi connectivity index (χ0n) is 15.3. The molecule has 0 aliphatic rings. The van der Waals surface area contributed by atoms with Crippen LogP contribution in [0.5, 0.6) is 0 Å². The average Bonchev–Trinajstić information content (AvgIpc) is 2.53. The summed E-state index contributed by atoms with van der Waals surface area (Å²) in [5.74, 6) is -0.474. The molecule has 0 aliphatic heterocycles. The summed E-state index contributed by atoms with van der Waals surface area (Å²) in [5.41, 5.74) is -0.538. The van der Waals surface area contributed by atoms with Gasteiger partial charge >= 0.3 is 5.97 Å². The van der Waals surface area contributed by atoms with E-state index < -0.39 is 32.2 Å². The summed E-state index contributed by atoms with van der Waals surface area (Å²) in [6, 6.07) is 6.08. The number of nitrogens with zero attached hydrogens (tertiary/aromatic N) is 1. The molecule has 8 heteroatoms. The van der Waals surface area contributed by atoms with Crippen molar-refractivity contribution in [2.75, 3.05) is 7.11 Å². The van der Waals surface area contributed by atoms with Crippen molar-refractivity contribution in [3.05, 3.63) is 39.9 Å². The number of nitrogens with one attached hydrogen (secondary N) is 1. The fourth-order valence-electron chi connectivity index (χ4n) is 2.47. The number of rotatable bonds is 8.